The molecule has 34 heteroatoms. The van der Waals surface area contributed by atoms with Crippen LogP contribution in [0.4, 0.5) is 11.6 Å². The van der Waals surface area contributed by atoms with Crippen molar-refractivity contribution in [1.82, 2.24) is 97.4 Å². The molecule has 6 aromatic rings. The number of carboxylic acids is 1. The normalized spacial score (nSPS) is 20.7. The lowest BCUT2D eigenvalue weighted by atomic mass is 10.1. The number of H-pyrrole nitrogens is 3. The summed E-state index contributed by atoms with van der Waals surface area (Å²) in [6.07, 6.45) is 6.52. The highest BCUT2D eigenvalue weighted by Gasteiger charge is 2.35. The molecule has 6 heterocycles. The third-order valence-corrected chi connectivity index (χ3v) is 13.2. The van der Waals surface area contributed by atoms with Crippen LogP contribution in [0.3, 0.4) is 0 Å². The van der Waals surface area contributed by atoms with E-state index in [1.165, 1.54) is 68.1 Å². The van der Waals surface area contributed by atoms with Crippen molar-refractivity contribution in [3.8, 4) is 0 Å². The molecule has 1 aromatic carbocycles. The van der Waals surface area contributed by atoms with Crippen molar-refractivity contribution >= 4 is 76.0 Å². The lowest BCUT2D eigenvalue weighted by Crippen LogP contribution is -2.62. The summed E-state index contributed by atoms with van der Waals surface area (Å²) < 4.78 is 1.49. The van der Waals surface area contributed by atoms with Gasteiger partial charge in [0.1, 0.15) is 42.3 Å². The van der Waals surface area contributed by atoms with Gasteiger partial charge in [0.25, 0.3) is 11.5 Å². The van der Waals surface area contributed by atoms with Crippen molar-refractivity contribution in [1.29, 1.82) is 0 Å². The molecule has 1 aliphatic rings. The molecule has 0 fully saturated rings. The number of aliphatic carboxylic acids is 1. The van der Waals surface area contributed by atoms with Crippen molar-refractivity contribution in [2.24, 2.45) is 0 Å². The molecule has 0 aliphatic carbocycles. The van der Waals surface area contributed by atoms with E-state index in [1.807, 2.05) is 0 Å². The number of carbonyl (C=O) groups is 9. The molecule has 85 heavy (non-hydrogen) atoms. The average molecular weight is 1180 g/mol. The van der Waals surface area contributed by atoms with Gasteiger partial charge in [0.15, 0.2) is 11.2 Å². The number of aromatic amines is 3. The Labute approximate surface area is 481 Å². The highest BCUT2D eigenvalue weighted by molar-refractivity contribution is 5.98. The summed E-state index contributed by atoms with van der Waals surface area (Å²) in [5.74, 6) is -8.77. The first kappa shape index (κ1) is 62.4. The van der Waals surface area contributed by atoms with Gasteiger partial charge in [-0.15, -0.1) is 5.10 Å². The van der Waals surface area contributed by atoms with Crippen molar-refractivity contribution < 1.29 is 58.5 Å². The smallest absolute Gasteiger partial charge is 0.326 e. The summed E-state index contributed by atoms with van der Waals surface area (Å²) in [7, 11) is 0. The monoisotopic (exact) mass is 1180 g/mol. The summed E-state index contributed by atoms with van der Waals surface area (Å²) in [5, 5.41) is 62.7. The lowest BCUT2D eigenvalue weighted by molar-refractivity contribution is -0.139. The topological polar surface area (TPSA) is 508 Å². The van der Waals surface area contributed by atoms with Crippen molar-refractivity contribution in [3.63, 3.8) is 0 Å². The largest absolute Gasteiger partial charge is 0.480 e. The predicted octanol–water partition coefficient (Wildman–Crippen LogP) is -4.76. The summed E-state index contributed by atoms with van der Waals surface area (Å²) in [5.41, 5.74) is 6.91. The molecule has 8 atom stereocenters. The minimum Gasteiger partial charge on any atom is -0.480 e. The molecule has 2 bridgehead atoms. The Morgan fingerprint density at radius 1 is 0.800 bits per heavy atom. The summed E-state index contributed by atoms with van der Waals surface area (Å²) >= 11 is 0. The van der Waals surface area contributed by atoms with E-state index in [0.717, 1.165) is 0 Å². The van der Waals surface area contributed by atoms with E-state index < -0.39 is 127 Å². The van der Waals surface area contributed by atoms with Crippen LogP contribution < -0.4 is 59.1 Å². The second-order valence-corrected chi connectivity index (χ2v) is 19.9. The van der Waals surface area contributed by atoms with Crippen LogP contribution in [0.25, 0.3) is 11.2 Å². The summed E-state index contributed by atoms with van der Waals surface area (Å²) in [4.78, 5) is 163. The molecule has 452 valence electrons. The van der Waals surface area contributed by atoms with Gasteiger partial charge in [-0.25, -0.2) is 24.7 Å². The molecule has 17 N–H and O–H groups in total. The molecule has 0 spiro atoms. The Hall–Kier alpha value is -10.2. The number of aliphatic hydroxyl groups excluding tert-OH is 2. The Morgan fingerprint density at radius 3 is 2.11 bits per heavy atom. The van der Waals surface area contributed by atoms with Gasteiger partial charge < -0.3 is 78.9 Å². The maximum atomic E-state index is 14.5. The van der Waals surface area contributed by atoms with Crippen molar-refractivity contribution in [3.05, 3.63) is 100 Å². The van der Waals surface area contributed by atoms with E-state index in [0.29, 0.717) is 48.6 Å². The second-order valence-electron chi connectivity index (χ2n) is 19.9. The zero-order chi connectivity index (χ0) is 61.2. The molecule has 0 unspecified atom stereocenters. The van der Waals surface area contributed by atoms with E-state index in [1.54, 1.807) is 12.1 Å². The van der Waals surface area contributed by atoms with E-state index >= 15 is 0 Å². The quantitative estimate of drug-likeness (QED) is 0.0433. The zero-order valence-corrected chi connectivity index (χ0v) is 46.0. The van der Waals surface area contributed by atoms with Gasteiger partial charge in [-0.2, -0.15) is 4.98 Å². The molecule has 1 aliphatic heterocycles. The molecule has 8 amide bonds. The number of imidazole rings is 2. The van der Waals surface area contributed by atoms with Crippen LogP contribution >= 0.6 is 0 Å². The predicted molar refractivity (Wildman–Crippen MR) is 295 cm³/mol. The number of nitrogens with one attached hydrogen (secondary N) is 12. The number of anilines is 2. The highest BCUT2D eigenvalue weighted by atomic mass is 16.4. The molecule has 0 radical (unpaired) electrons. The number of nitrogens with two attached hydrogens (primary N) is 1. The van der Waals surface area contributed by atoms with Crippen LogP contribution in [0.1, 0.15) is 79.1 Å². The number of hydrogen-bond donors (Lipinski definition) is 16. The van der Waals surface area contributed by atoms with Crippen LogP contribution in [0.15, 0.2) is 66.5 Å². The summed E-state index contributed by atoms with van der Waals surface area (Å²) in [6.45, 7) is 2.27. The Bertz CT molecular complexity index is 3370. The van der Waals surface area contributed by atoms with Crippen LogP contribution in [0.2, 0.25) is 0 Å². The number of aromatic nitrogens is 11. The van der Waals surface area contributed by atoms with E-state index in [-0.39, 0.29) is 60.7 Å². The average Bonchev–Trinajstić information content (AvgIpc) is 4.37. The zero-order valence-electron chi connectivity index (χ0n) is 46.0. The fraction of sp³-hybridized carbons (Fsp3) is 0.431. The molecule has 0 saturated heterocycles. The third kappa shape index (κ3) is 18.1. The van der Waals surface area contributed by atoms with Crippen LogP contribution in [-0.4, -0.2) is 185 Å². The fourth-order valence-corrected chi connectivity index (χ4v) is 8.62. The van der Waals surface area contributed by atoms with Crippen LogP contribution in [0.5, 0.6) is 0 Å². The van der Waals surface area contributed by atoms with E-state index in [9.17, 15) is 63.3 Å². The number of carbonyl (C=O) groups excluding carboxylic acids is 8. The van der Waals surface area contributed by atoms with Gasteiger partial charge in [-0.1, -0.05) is 5.21 Å². The number of hydrogen-bond acceptors (Lipinski definition) is 21. The molecule has 34 nitrogen and oxygen atoms in total. The van der Waals surface area contributed by atoms with Crippen molar-refractivity contribution in [2.75, 3.05) is 24.2 Å². The van der Waals surface area contributed by atoms with Gasteiger partial charge in [-0.05, 0) is 63.8 Å². The maximum absolute atomic E-state index is 14.5. The number of fused-ring (bicyclic) bond motifs is 3. The Kier molecular flexibility index (Phi) is 21.7. The van der Waals surface area contributed by atoms with Gasteiger partial charge in [0, 0.05) is 80.0 Å². The SMILES string of the molecule is C[C@H](O)[C@H]1NC(=O)[C@@H](Cc2cnc[nH]2)NC(=O)[C@@H](CO)NC(=O)[C@@H](Cc2cnc[nH]2)NC(=O)[C@@H](NC(=O)CC[C@H](NC(=O)c2ccc(NCc3cnc4nc(N)[nH]c(=O)c4n3)cc2)C(=O)O)Cc2cn(nn2)CCCCCNC(=O)[C@@H](C)NC1=O. The van der Waals surface area contributed by atoms with E-state index in [4.69, 9.17) is 5.73 Å². The molecule has 5 aromatic heterocycles. The van der Waals surface area contributed by atoms with Gasteiger partial charge in [-0.3, -0.25) is 52.8 Å². The molecule has 7 rings (SSSR count). The van der Waals surface area contributed by atoms with Crippen molar-refractivity contribution in [2.45, 2.75) is 127 Å². The number of carboxylic acid groups (broad SMARTS) is 1. The summed E-state index contributed by atoms with van der Waals surface area (Å²) in [6, 6.07) is -4.80. The molecular weight excluding hydrogens is 1110 g/mol. The van der Waals surface area contributed by atoms with Crippen LogP contribution in [-0.2, 0) is 70.7 Å². The Morgan fingerprint density at radius 2 is 1.46 bits per heavy atom. The minimum atomic E-state index is -1.79. The fourth-order valence-electron chi connectivity index (χ4n) is 8.62. The van der Waals surface area contributed by atoms with Gasteiger partial charge >= 0.3 is 5.97 Å². The van der Waals surface area contributed by atoms with E-state index in [2.05, 4.69) is 98.0 Å². The first-order valence-electron chi connectivity index (χ1n) is 26.8. The number of aliphatic hydroxyl groups is 2. The number of aryl methyl sites for hydroxylation is 1. The highest BCUT2D eigenvalue weighted by Crippen LogP contribution is 2.14. The second kappa shape index (κ2) is 29.6. The Balaban J connectivity index is 1.06. The number of amides is 8. The van der Waals surface area contributed by atoms with Gasteiger partial charge in [0.05, 0.1) is 49.5 Å². The number of nitrogens with zero attached hydrogens (tertiary/aromatic N) is 8. The lowest BCUT2D eigenvalue weighted by Gasteiger charge is -2.27. The standard InChI is InChI=1S/C51H65N21O13/c1-25-42(76)55-12-4-3-5-13-72-21-31(70-71-72)16-34(62-38(75)11-10-33(50(84)85)63-43(77)27-6-8-28(9-7-27)56-19-32-20-57-41-40(61-32)49(83)69-51(52)68-41)44(78)64-35(14-29-17-53-23-58-29)45(79)66-37(22-73)47(81)65-36(15-30-18-54-24-59-30)46(80)67-39(26(2)74)48(82)60-25/h6-9,17-18,20-21,23-26,33-37,39,56,73-74H,3-5,10-16,19,22H2,1-2H3,(H,53,58)(H,54,59)(H,55,76)(H,60,82)(H,62,75)(H,63,77)(H,64,78)(H,65,81)(H,66,79)(H,67,80)(H,84,85)(H3,52,57,68,69,83)/t25-,26+,33+,34+,35-,36-,37-,39-/m1/s1. The van der Waals surface area contributed by atoms with Gasteiger partial charge in [0.2, 0.25) is 47.3 Å². The number of nitrogen functional groups attached to an aromatic ring is 1. The van der Waals surface area contributed by atoms with Crippen LogP contribution in [0, 0.1) is 0 Å². The maximum Gasteiger partial charge on any atom is 0.326 e. The first-order valence-corrected chi connectivity index (χ1v) is 26.8. The number of benzene rings is 1. The third-order valence-electron chi connectivity index (χ3n) is 13.2. The molecular formula is C51H65N21O13. The number of rotatable bonds is 16. The first-order chi connectivity index (χ1) is 40.7. The minimum absolute atomic E-state index is 0.0123. The molecule has 0 saturated carbocycles.